The highest BCUT2D eigenvalue weighted by Gasteiger charge is 2.35. The fraction of sp³-hybridized carbons (Fsp3) is 0.160. The Hall–Kier alpha value is -3.36. The molecular formula is C25H19Cl2F3N2O3. The van der Waals surface area contributed by atoms with Crippen LogP contribution in [0.3, 0.4) is 0 Å². The van der Waals surface area contributed by atoms with Crippen molar-refractivity contribution in [3.05, 3.63) is 93.7 Å². The predicted octanol–water partition coefficient (Wildman–Crippen LogP) is 7.57. The highest BCUT2D eigenvalue weighted by molar-refractivity contribution is 6.30. The summed E-state index contributed by atoms with van der Waals surface area (Å²) in [5.41, 5.74) is 1.14. The smallest absolute Gasteiger partial charge is 0.419 e. The van der Waals surface area contributed by atoms with Gasteiger partial charge in [-0.25, -0.2) is 4.98 Å². The van der Waals surface area contributed by atoms with Gasteiger partial charge < -0.3 is 19.2 Å². The van der Waals surface area contributed by atoms with Crippen molar-refractivity contribution in [3.8, 4) is 28.6 Å². The van der Waals surface area contributed by atoms with Crippen LogP contribution in [0.1, 0.15) is 16.7 Å². The molecule has 0 aliphatic heterocycles. The first-order valence-electron chi connectivity index (χ1n) is 10.3. The first-order valence-corrected chi connectivity index (χ1v) is 11.1. The van der Waals surface area contributed by atoms with E-state index in [-0.39, 0.29) is 30.5 Å². The molecule has 35 heavy (non-hydrogen) atoms. The highest BCUT2D eigenvalue weighted by atomic mass is 35.5. The van der Waals surface area contributed by atoms with Crippen LogP contribution in [0.15, 0.2) is 66.9 Å². The van der Waals surface area contributed by atoms with Gasteiger partial charge in [-0.3, -0.25) is 0 Å². The van der Waals surface area contributed by atoms with Gasteiger partial charge in [0.05, 0.1) is 23.9 Å². The van der Waals surface area contributed by atoms with Gasteiger partial charge in [-0.15, -0.1) is 0 Å². The van der Waals surface area contributed by atoms with Crippen molar-refractivity contribution < 1.29 is 27.4 Å². The number of ether oxygens (including phenoxy) is 3. The molecule has 0 spiro atoms. The average molecular weight is 523 g/mol. The largest absolute Gasteiger partial charge is 0.497 e. The monoisotopic (exact) mass is 522 g/mol. The molecule has 10 heteroatoms. The molecule has 5 nitrogen and oxygen atoms in total. The number of aromatic nitrogens is 2. The molecule has 0 amide bonds. The van der Waals surface area contributed by atoms with Crippen molar-refractivity contribution in [2.45, 2.75) is 19.4 Å². The zero-order chi connectivity index (χ0) is 25.0. The second kappa shape index (κ2) is 10.5. The average Bonchev–Trinajstić information content (AvgIpc) is 3.24. The van der Waals surface area contributed by atoms with E-state index in [1.54, 1.807) is 31.4 Å². The fourth-order valence-electron chi connectivity index (χ4n) is 3.22. The first-order chi connectivity index (χ1) is 16.7. The third-order valence-electron chi connectivity index (χ3n) is 5.06. The first kappa shape index (κ1) is 24.8. The van der Waals surface area contributed by atoms with Crippen LogP contribution in [-0.2, 0) is 19.4 Å². The molecule has 0 aliphatic rings. The van der Waals surface area contributed by atoms with Crippen LogP contribution < -0.4 is 14.2 Å². The predicted molar refractivity (Wildman–Crippen MR) is 127 cm³/mol. The minimum absolute atomic E-state index is 0.115. The van der Waals surface area contributed by atoms with Crippen LogP contribution in [0.5, 0.6) is 17.4 Å². The van der Waals surface area contributed by atoms with E-state index in [0.717, 1.165) is 17.2 Å². The fourth-order valence-corrected chi connectivity index (χ4v) is 3.61. The van der Waals surface area contributed by atoms with Crippen LogP contribution in [0.2, 0.25) is 10.2 Å². The number of aromatic amines is 1. The lowest BCUT2D eigenvalue weighted by molar-refractivity contribution is -0.137. The number of rotatable bonds is 8. The van der Waals surface area contributed by atoms with E-state index < -0.39 is 16.9 Å². The third kappa shape index (κ3) is 6.21. The number of alkyl halides is 3. The van der Waals surface area contributed by atoms with E-state index in [2.05, 4.69) is 9.97 Å². The minimum atomic E-state index is -4.61. The van der Waals surface area contributed by atoms with Crippen LogP contribution in [0.25, 0.3) is 11.3 Å². The number of H-pyrrole nitrogens is 1. The van der Waals surface area contributed by atoms with Crippen LogP contribution in [-0.4, -0.2) is 17.1 Å². The molecule has 0 saturated heterocycles. The van der Waals surface area contributed by atoms with Gasteiger partial charge in [-0.1, -0.05) is 47.5 Å². The Balaban J connectivity index is 1.61. The summed E-state index contributed by atoms with van der Waals surface area (Å²) in [6, 6.07) is 16.8. The van der Waals surface area contributed by atoms with Gasteiger partial charge in [0.25, 0.3) is 0 Å². The minimum Gasteiger partial charge on any atom is -0.497 e. The number of pyridine rings is 1. The molecule has 1 N–H and O–H groups in total. The third-order valence-corrected chi connectivity index (χ3v) is 5.61. The molecule has 0 atom stereocenters. The number of hydrogen-bond donors (Lipinski definition) is 1. The molecule has 0 bridgehead atoms. The lowest BCUT2D eigenvalue weighted by Crippen LogP contribution is -2.03. The Morgan fingerprint density at radius 2 is 1.51 bits per heavy atom. The van der Waals surface area contributed by atoms with E-state index >= 15 is 0 Å². The standard InChI is InChI=1S/C25H19Cl2F3N2O3/c1-33-18-8-4-16(5-9-18)13-34-22-11-23(35-14-15-2-6-17(26)7-3-15)31-12-19(22)21-10-20(24(27)32-21)25(28,29)30/h2-12,32H,13-14H2,1H3. The van der Waals surface area contributed by atoms with E-state index in [1.807, 2.05) is 24.3 Å². The lowest BCUT2D eigenvalue weighted by Gasteiger charge is -2.13. The van der Waals surface area contributed by atoms with E-state index in [1.165, 1.54) is 12.3 Å². The van der Waals surface area contributed by atoms with Gasteiger partial charge in [-0.05, 0) is 41.5 Å². The highest BCUT2D eigenvalue weighted by Crippen LogP contribution is 2.40. The van der Waals surface area contributed by atoms with Crippen LogP contribution >= 0.6 is 23.2 Å². The summed E-state index contributed by atoms with van der Waals surface area (Å²) in [6.45, 7) is 0.367. The van der Waals surface area contributed by atoms with Crippen molar-refractivity contribution in [1.82, 2.24) is 9.97 Å². The van der Waals surface area contributed by atoms with Crippen molar-refractivity contribution in [2.24, 2.45) is 0 Å². The maximum atomic E-state index is 13.3. The van der Waals surface area contributed by atoms with E-state index in [4.69, 9.17) is 37.4 Å². The van der Waals surface area contributed by atoms with Gasteiger partial charge >= 0.3 is 6.18 Å². The Morgan fingerprint density at radius 3 is 2.11 bits per heavy atom. The molecule has 2 aromatic heterocycles. The van der Waals surface area contributed by atoms with Gasteiger partial charge in [0.15, 0.2) is 0 Å². The van der Waals surface area contributed by atoms with Crippen molar-refractivity contribution >= 4 is 23.2 Å². The SMILES string of the molecule is COc1ccc(COc2cc(OCc3ccc(Cl)cc3)ncc2-c2cc(C(F)(F)F)c(Cl)[nH]2)cc1. The molecule has 2 heterocycles. The summed E-state index contributed by atoms with van der Waals surface area (Å²) in [5, 5.41) is 0.0879. The molecule has 4 aromatic rings. The number of nitrogens with one attached hydrogen (secondary N) is 1. The van der Waals surface area contributed by atoms with Gasteiger partial charge in [-0.2, -0.15) is 13.2 Å². The Kier molecular flexibility index (Phi) is 7.42. The maximum Gasteiger partial charge on any atom is 0.419 e. The number of benzene rings is 2. The molecule has 4 rings (SSSR count). The number of halogens is 5. The quantitative estimate of drug-likeness (QED) is 0.259. The summed E-state index contributed by atoms with van der Waals surface area (Å²) < 4.78 is 56.7. The topological polar surface area (TPSA) is 56.4 Å². The van der Waals surface area contributed by atoms with Gasteiger partial charge in [0, 0.05) is 17.3 Å². The second-order valence-electron chi connectivity index (χ2n) is 7.48. The van der Waals surface area contributed by atoms with E-state index in [0.29, 0.717) is 16.3 Å². The summed E-state index contributed by atoms with van der Waals surface area (Å²) in [7, 11) is 1.57. The molecule has 0 saturated carbocycles. The lowest BCUT2D eigenvalue weighted by atomic mass is 10.1. The Morgan fingerprint density at radius 1 is 0.886 bits per heavy atom. The van der Waals surface area contributed by atoms with Crippen molar-refractivity contribution in [2.75, 3.05) is 7.11 Å². The Bertz CT molecular complexity index is 1290. The summed E-state index contributed by atoms with van der Waals surface area (Å²) in [5.74, 6) is 1.20. The zero-order valence-corrected chi connectivity index (χ0v) is 19.8. The van der Waals surface area contributed by atoms with Gasteiger partial charge in [0.2, 0.25) is 5.88 Å². The molecule has 0 aliphatic carbocycles. The van der Waals surface area contributed by atoms with Crippen LogP contribution in [0, 0.1) is 0 Å². The zero-order valence-electron chi connectivity index (χ0n) is 18.3. The molecule has 0 fully saturated rings. The summed E-state index contributed by atoms with van der Waals surface area (Å²) in [4.78, 5) is 6.80. The molecule has 0 unspecified atom stereocenters. The number of nitrogens with zero attached hydrogens (tertiary/aromatic N) is 1. The maximum absolute atomic E-state index is 13.3. The van der Waals surface area contributed by atoms with Gasteiger partial charge in [0.1, 0.15) is 29.9 Å². The van der Waals surface area contributed by atoms with E-state index in [9.17, 15) is 13.2 Å². The van der Waals surface area contributed by atoms with Crippen molar-refractivity contribution in [1.29, 1.82) is 0 Å². The molecule has 0 radical (unpaired) electrons. The van der Waals surface area contributed by atoms with Crippen LogP contribution in [0.4, 0.5) is 13.2 Å². The Labute approximate surface area is 209 Å². The number of methoxy groups -OCH3 is 1. The summed E-state index contributed by atoms with van der Waals surface area (Å²) >= 11 is 11.7. The number of hydrogen-bond acceptors (Lipinski definition) is 4. The molecule has 182 valence electrons. The normalized spacial score (nSPS) is 11.4. The van der Waals surface area contributed by atoms with Crippen molar-refractivity contribution in [3.63, 3.8) is 0 Å². The molecular weight excluding hydrogens is 504 g/mol. The molecule has 2 aromatic carbocycles. The summed E-state index contributed by atoms with van der Waals surface area (Å²) in [6.07, 6.45) is -3.23. The second-order valence-corrected chi connectivity index (χ2v) is 8.29.